The molecule has 5 rings (SSSR count). The summed E-state index contributed by atoms with van der Waals surface area (Å²) in [5, 5.41) is 21.2. The summed E-state index contributed by atoms with van der Waals surface area (Å²) in [6, 6.07) is 0. The fraction of sp³-hybridized carbons (Fsp3) is 0.706. The molecule has 27 heavy (non-hydrogen) atoms. The van der Waals surface area contributed by atoms with Crippen LogP contribution in [0.1, 0.15) is 19.1 Å². The van der Waals surface area contributed by atoms with Crippen LogP contribution in [0.15, 0.2) is 12.7 Å². The normalized spacial score (nSPS) is 33.9. The first-order chi connectivity index (χ1) is 13.0. The third-order valence-electron chi connectivity index (χ3n) is 6.27. The summed E-state index contributed by atoms with van der Waals surface area (Å²) in [5.41, 5.74) is 6.98. The van der Waals surface area contributed by atoms with Gasteiger partial charge in [0, 0.05) is 25.2 Å². The molecule has 2 aromatic heterocycles. The number of anilines is 1. The minimum atomic E-state index is -1.06. The quantitative estimate of drug-likeness (QED) is 0.607. The topological polar surface area (TPSA) is 126 Å². The van der Waals surface area contributed by atoms with Gasteiger partial charge in [-0.3, -0.25) is 9.47 Å². The molecule has 0 aliphatic carbocycles. The molecule has 10 nitrogen and oxygen atoms in total. The molecule has 3 aliphatic rings. The minimum absolute atomic E-state index is 0.199. The second-order valence-electron chi connectivity index (χ2n) is 8.08. The minimum Gasteiger partial charge on any atom is -0.387 e. The van der Waals surface area contributed by atoms with E-state index in [4.69, 9.17) is 10.5 Å². The first-order valence-corrected chi connectivity index (χ1v) is 9.37. The monoisotopic (exact) mass is 375 g/mol. The van der Waals surface area contributed by atoms with Crippen LogP contribution in [0.25, 0.3) is 11.2 Å². The van der Waals surface area contributed by atoms with Crippen LogP contribution in [0.3, 0.4) is 0 Å². The number of fused-ring (bicyclic) bond motifs is 1. The van der Waals surface area contributed by atoms with Gasteiger partial charge in [0.1, 0.15) is 30.2 Å². The first kappa shape index (κ1) is 17.3. The van der Waals surface area contributed by atoms with Crippen molar-refractivity contribution in [3.8, 4) is 0 Å². The third kappa shape index (κ3) is 2.55. The molecule has 0 radical (unpaired) electrons. The van der Waals surface area contributed by atoms with E-state index in [2.05, 4.69) is 31.8 Å². The molecule has 0 unspecified atom stereocenters. The Hall–Kier alpha value is -1.85. The van der Waals surface area contributed by atoms with Crippen molar-refractivity contribution in [2.24, 2.45) is 0 Å². The van der Waals surface area contributed by atoms with Crippen molar-refractivity contribution < 1.29 is 14.9 Å². The molecule has 5 heterocycles. The van der Waals surface area contributed by atoms with Crippen molar-refractivity contribution in [1.82, 2.24) is 29.3 Å². The number of nitrogens with two attached hydrogens (primary N) is 1. The summed E-state index contributed by atoms with van der Waals surface area (Å²) < 4.78 is 7.72. The van der Waals surface area contributed by atoms with Crippen LogP contribution in [-0.2, 0) is 4.74 Å². The molecule has 4 atom stereocenters. The van der Waals surface area contributed by atoms with Gasteiger partial charge in [-0.1, -0.05) is 0 Å². The highest BCUT2D eigenvalue weighted by Crippen LogP contribution is 2.39. The molecule has 3 aliphatic heterocycles. The summed E-state index contributed by atoms with van der Waals surface area (Å²) >= 11 is 0. The Balaban J connectivity index is 1.37. The molecule has 10 heteroatoms. The third-order valence-corrected chi connectivity index (χ3v) is 6.27. The van der Waals surface area contributed by atoms with Gasteiger partial charge in [-0.15, -0.1) is 0 Å². The Kier molecular flexibility index (Phi) is 3.89. The van der Waals surface area contributed by atoms with Crippen LogP contribution in [0.5, 0.6) is 0 Å². The highest BCUT2D eigenvalue weighted by Gasteiger charge is 2.52. The maximum atomic E-state index is 10.6. The van der Waals surface area contributed by atoms with E-state index in [1.807, 2.05) is 0 Å². The Bertz CT molecular complexity index is 852. The highest BCUT2D eigenvalue weighted by molar-refractivity contribution is 5.81. The molecule has 0 amide bonds. The number of hydrogen-bond acceptors (Lipinski definition) is 9. The zero-order valence-electron chi connectivity index (χ0n) is 15.3. The SMILES string of the molecule is CN1CC2(CCCN2C[C@H]2O[C@@H](n3cnc4c(N)ncnc43)[C@H](O)[C@@H]2O)C1. The Morgan fingerprint density at radius 3 is 2.85 bits per heavy atom. The van der Waals surface area contributed by atoms with Crippen molar-refractivity contribution in [3.05, 3.63) is 12.7 Å². The average molecular weight is 375 g/mol. The van der Waals surface area contributed by atoms with Gasteiger partial charge in [0.25, 0.3) is 0 Å². The van der Waals surface area contributed by atoms with E-state index in [0.717, 1.165) is 26.1 Å². The summed E-state index contributed by atoms with van der Waals surface area (Å²) in [7, 11) is 2.13. The zero-order valence-corrected chi connectivity index (χ0v) is 15.3. The van der Waals surface area contributed by atoms with E-state index in [9.17, 15) is 10.2 Å². The van der Waals surface area contributed by atoms with Gasteiger partial charge in [0.15, 0.2) is 17.7 Å². The van der Waals surface area contributed by atoms with Gasteiger partial charge in [0.2, 0.25) is 0 Å². The number of nitrogen functional groups attached to an aromatic ring is 1. The lowest BCUT2D eigenvalue weighted by Gasteiger charge is -2.52. The highest BCUT2D eigenvalue weighted by atomic mass is 16.6. The maximum Gasteiger partial charge on any atom is 0.167 e. The second kappa shape index (κ2) is 6.08. The largest absolute Gasteiger partial charge is 0.387 e. The molecule has 3 saturated heterocycles. The number of likely N-dealkylation sites (N-methyl/N-ethyl adjacent to an activating group) is 1. The van der Waals surface area contributed by atoms with Crippen LogP contribution in [-0.4, -0.2) is 96.6 Å². The molecule has 2 aromatic rings. The summed E-state index contributed by atoms with van der Waals surface area (Å²) in [4.78, 5) is 17.1. The molecule has 146 valence electrons. The van der Waals surface area contributed by atoms with Crippen LogP contribution >= 0.6 is 0 Å². The number of aromatic nitrogens is 4. The number of hydrogen-bond donors (Lipinski definition) is 3. The first-order valence-electron chi connectivity index (χ1n) is 9.37. The molecule has 0 saturated carbocycles. The predicted molar refractivity (Wildman–Crippen MR) is 96.7 cm³/mol. The summed E-state index contributed by atoms with van der Waals surface area (Å²) in [5.74, 6) is 0.274. The lowest BCUT2D eigenvalue weighted by atomic mass is 9.87. The Labute approximate surface area is 156 Å². The van der Waals surface area contributed by atoms with Gasteiger partial charge >= 0.3 is 0 Å². The van der Waals surface area contributed by atoms with Crippen molar-refractivity contribution in [2.75, 3.05) is 39.0 Å². The fourth-order valence-electron chi connectivity index (χ4n) is 4.98. The number of nitrogens with zero attached hydrogens (tertiary/aromatic N) is 6. The van der Waals surface area contributed by atoms with Crippen LogP contribution in [0.2, 0.25) is 0 Å². The average Bonchev–Trinajstić information content (AvgIpc) is 3.29. The molecule has 4 N–H and O–H groups in total. The molecule has 3 fully saturated rings. The lowest BCUT2D eigenvalue weighted by molar-refractivity contribution is -0.0744. The van der Waals surface area contributed by atoms with Crippen molar-refractivity contribution >= 4 is 17.0 Å². The van der Waals surface area contributed by atoms with Crippen molar-refractivity contribution in [3.63, 3.8) is 0 Å². The fourth-order valence-corrected chi connectivity index (χ4v) is 4.98. The molecule has 0 aromatic carbocycles. The van der Waals surface area contributed by atoms with E-state index in [1.165, 1.54) is 19.1 Å². The van der Waals surface area contributed by atoms with Gasteiger partial charge in [-0.2, -0.15) is 0 Å². The van der Waals surface area contributed by atoms with Crippen LogP contribution < -0.4 is 5.73 Å². The molecular weight excluding hydrogens is 350 g/mol. The van der Waals surface area contributed by atoms with E-state index in [0.29, 0.717) is 17.7 Å². The summed E-state index contributed by atoms with van der Waals surface area (Å²) in [6.07, 6.45) is 1.95. The van der Waals surface area contributed by atoms with Gasteiger partial charge in [-0.05, 0) is 26.4 Å². The standard InChI is InChI=1S/C17H25N7O3/c1-22-6-17(7-22)3-2-4-23(17)5-10-12(25)13(26)16(27-10)24-9-21-11-14(18)19-8-20-15(11)24/h8-10,12-13,16,25-26H,2-7H2,1H3,(H2,18,19,20)/t10-,12-,13-,16-/m1/s1. The number of aliphatic hydroxyl groups is 2. The number of imidazole rings is 1. The van der Waals surface area contributed by atoms with E-state index in [1.54, 1.807) is 4.57 Å². The molecular formula is C17H25N7O3. The van der Waals surface area contributed by atoms with E-state index in [-0.39, 0.29) is 11.4 Å². The van der Waals surface area contributed by atoms with E-state index >= 15 is 0 Å². The van der Waals surface area contributed by atoms with Crippen LogP contribution in [0, 0.1) is 0 Å². The summed E-state index contributed by atoms with van der Waals surface area (Å²) in [6.45, 7) is 3.69. The maximum absolute atomic E-state index is 10.6. The number of ether oxygens (including phenoxy) is 1. The number of rotatable bonds is 3. The number of likely N-dealkylation sites (tertiary alicyclic amines) is 2. The lowest BCUT2D eigenvalue weighted by Crippen LogP contribution is -2.67. The Morgan fingerprint density at radius 1 is 1.26 bits per heavy atom. The van der Waals surface area contributed by atoms with Crippen LogP contribution in [0.4, 0.5) is 5.82 Å². The second-order valence-corrected chi connectivity index (χ2v) is 8.08. The van der Waals surface area contributed by atoms with Gasteiger partial charge < -0.3 is 25.6 Å². The molecule has 1 spiro atoms. The van der Waals surface area contributed by atoms with Gasteiger partial charge in [-0.25, -0.2) is 15.0 Å². The van der Waals surface area contributed by atoms with E-state index < -0.39 is 24.5 Å². The Morgan fingerprint density at radius 2 is 2.07 bits per heavy atom. The molecule has 0 bridgehead atoms. The van der Waals surface area contributed by atoms with Gasteiger partial charge in [0.05, 0.1) is 6.33 Å². The smallest absolute Gasteiger partial charge is 0.167 e. The van der Waals surface area contributed by atoms with Crippen molar-refractivity contribution in [1.29, 1.82) is 0 Å². The number of aliphatic hydroxyl groups excluding tert-OH is 2. The zero-order chi connectivity index (χ0) is 18.8. The predicted octanol–water partition coefficient (Wildman–Crippen LogP) is -1.19. The van der Waals surface area contributed by atoms with Crippen molar-refractivity contribution in [2.45, 2.75) is 42.9 Å².